The third kappa shape index (κ3) is 4.50. The number of rotatable bonds is 4. The molecule has 2 rings (SSSR count). The normalized spacial score (nSPS) is 19.4. The second-order valence-electron chi connectivity index (χ2n) is 4.94. The molecule has 6 nitrogen and oxygen atoms in total. The maximum Gasteiger partial charge on any atom is 0.241 e. The van der Waals surface area contributed by atoms with Gasteiger partial charge in [-0.15, -0.1) is 0 Å². The van der Waals surface area contributed by atoms with Gasteiger partial charge in [0.2, 0.25) is 15.9 Å². The van der Waals surface area contributed by atoms with Gasteiger partial charge in [0.1, 0.15) is 0 Å². The highest BCUT2D eigenvalue weighted by Crippen LogP contribution is 2.16. The highest BCUT2D eigenvalue weighted by Gasteiger charge is 2.20. The number of carbonyl (C=O) groups is 1. The van der Waals surface area contributed by atoms with Gasteiger partial charge in [-0.25, -0.2) is 8.42 Å². The van der Waals surface area contributed by atoms with Crippen LogP contribution in [-0.4, -0.2) is 33.2 Å². The van der Waals surface area contributed by atoms with Gasteiger partial charge in [-0.2, -0.15) is 0 Å². The standard InChI is InChI=1S/C13H19N3O3S/c1-20(18,19)16-11-7-5-10(6-8-11)15-13(17)12-4-2-3-9-14-12/h5-8,12,14,16H,2-4,9H2,1H3,(H,15,17)/t12-/m0/s1. The summed E-state index contributed by atoms with van der Waals surface area (Å²) in [5.41, 5.74) is 1.13. The van der Waals surface area contributed by atoms with Crippen molar-refractivity contribution in [1.29, 1.82) is 0 Å². The number of benzene rings is 1. The van der Waals surface area contributed by atoms with E-state index in [1.54, 1.807) is 24.3 Å². The molecule has 1 amide bonds. The lowest BCUT2D eigenvalue weighted by Gasteiger charge is -2.22. The summed E-state index contributed by atoms with van der Waals surface area (Å²) in [7, 11) is -3.28. The number of amides is 1. The number of hydrogen-bond acceptors (Lipinski definition) is 4. The van der Waals surface area contributed by atoms with E-state index in [1.807, 2.05) is 0 Å². The van der Waals surface area contributed by atoms with Gasteiger partial charge in [0.15, 0.2) is 0 Å². The average molecular weight is 297 g/mol. The van der Waals surface area contributed by atoms with Crippen LogP contribution < -0.4 is 15.4 Å². The van der Waals surface area contributed by atoms with Crippen LogP contribution in [0.15, 0.2) is 24.3 Å². The molecular formula is C13H19N3O3S. The van der Waals surface area contributed by atoms with Crippen molar-refractivity contribution in [1.82, 2.24) is 5.32 Å². The first-order valence-corrected chi connectivity index (χ1v) is 8.45. The zero-order valence-corrected chi connectivity index (χ0v) is 12.2. The topological polar surface area (TPSA) is 87.3 Å². The molecule has 1 fully saturated rings. The molecule has 1 saturated heterocycles. The molecule has 20 heavy (non-hydrogen) atoms. The Balaban J connectivity index is 1.94. The number of hydrogen-bond donors (Lipinski definition) is 3. The molecule has 0 bridgehead atoms. The van der Waals surface area contributed by atoms with Crippen molar-refractivity contribution in [3.05, 3.63) is 24.3 Å². The summed E-state index contributed by atoms with van der Waals surface area (Å²) < 4.78 is 24.5. The van der Waals surface area contributed by atoms with Gasteiger partial charge in [0.25, 0.3) is 0 Å². The molecule has 3 N–H and O–H groups in total. The number of sulfonamides is 1. The van der Waals surface area contributed by atoms with E-state index in [4.69, 9.17) is 0 Å². The largest absolute Gasteiger partial charge is 0.325 e. The van der Waals surface area contributed by atoms with E-state index >= 15 is 0 Å². The van der Waals surface area contributed by atoms with Crippen LogP contribution in [0.4, 0.5) is 11.4 Å². The van der Waals surface area contributed by atoms with Crippen molar-refractivity contribution < 1.29 is 13.2 Å². The van der Waals surface area contributed by atoms with Gasteiger partial charge < -0.3 is 10.6 Å². The molecule has 1 aliphatic heterocycles. The first kappa shape index (κ1) is 14.8. The van der Waals surface area contributed by atoms with E-state index < -0.39 is 10.0 Å². The molecule has 0 spiro atoms. The molecule has 1 atom stereocenters. The number of anilines is 2. The average Bonchev–Trinajstić information content (AvgIpc) is 2.40. The predicted octanol–water partition coefficient (Wildman–Crippen LogP) is 1.14. The molecule has 1 aromatic rings. The summed E-state index contributed by atoms with van der Waals surface area (Å²) in [4.78, 5) is 12.0. The van der Waals surface area contributed by atoms with E-state index in [0.717, 1.165) is 32.1 Å². The molecule has 0 unspecified atom stereocenters. The summed E-state index contributed by atoms with van der Waals surface area (Å²) in [6.45, 7) is 0.870. The van der Waals surface area contributed by atoms with Crippen LogP contribution in [0.2, 0.25) is 0 Å². The Morgan fingerprint density at radius 3 is 2.40 bits per heavy atom. The molecule has 7 heteroatoms. The molecule has 1 aliphatic rings. The number of carbonyl (C=O) groups excluding carboxylic acids is 1. The Morgan fingerprint density at radius 2 is 1.85 bits per heavy atom. The van der Waals surface area contributed by atoms with Crippen LogP contribution in [0.5, 0.6) is 0 Å². The van der Waals surface area contributed by atoms with Crippen molar-refractivity contribution in [2.45, 2.75) is 25.3 Å². The van der Waals surface area contributed by atoms with E-state index in [2.05, 4.69) is 15.4 Å². The molecule has 110 valence electrons. The quantitative estimate of drug-likeness (QED) is 0.777. The monoisotopic (exact) mass is 297 g/mol. The predicted molar refractivity (Wildman–Crippen MR) is 79.2 cm³/mol. The van der Waals surface area contributed by atoms with E-state index in [-0.39, 0.29) is 11.9 Å². The van der Waals surface area contributed by atoms with E-state index in [0.29, 0.717) is 11.4 Å². The fraction of sp³-hybridized carbons (Fsp3) is 0.462. The van der Waals surface area contributed by atoms with Gasteiger partial charge in [-0.1, -0.05) is 6.42 Å². The zero-order chi connectivity index (χ0) is 14.6. The number of nitrogens with one attached hydrogen (secondary N) is 3. The minimum absolute atomic E-state index is 0.0477. The SMILES string of the molecule is CS(=O)(=O)Nc1ccc(NC(=O)[C@@H]2CCCCN2)cc1. The Hall–Kier alpha value is -1.60. The van der Waals surface area contributed by atoms with Crippen LogP contribution >= 0.6 is 0 Å². The third-order valence-corrected chi connectivity index (χ3v) is 3.69. The first-order chi connectivity index (χ1) is 9.44. The molecule has 0 radical (unpaired) electrons. The summed E-state index contributed by atoms with van der Waals surface area (Å²) in [6.07, 6.45) is 4.11. The molecule has 0 saturated carbocycles. The van der Waals surface area contributed by atoms with Gasteiger partial charge >= 0.3 is 0 Å². The molecule has 1 heterocycles. The van der Waals surface area contributed by atoms with Crippen LogP contribution in [0.3, 0.4) is 0 Å². The maximum atomic E-state index is 12.0. The van der Waals surface area contributed by atoms with Crippen molar-refractivity contribution in [3.63, 3.8) is 0 Å². The first-order valence-electron chi connectivity index (χ1n) is 6.56. The Labute approximate surface area is 119 Å². The van der Waals surface area contributed by atoms with E-state index in [1.165, 1.54) is 0 Å². The Bertz CT molecular complexity index is 563. The van der Waals surface area contributed by atoms with Crippen LogP contribution in [0.25, 0.3) is 0 Å². The van der Waals surface area contributed by atoms with Crippen LogP contribution in [0.1, 0.15) is 19.3 Å². The summed E-state index contributed by atoms with van der Waals surface area (Å²) >= 11 is 0. The summed E-state index contributed by atoms with van der Waals surface area (Å²) in [5, 5.41) is 6.00. The summed E-state index contributed by atoms with van der Waals surface area (Å²) in [6, 6.07) is 6.44. The molecule has 1 aromatic carbocycles. The van der Waals surface area contributed by atoms with Crippen molar-refractivity contribution >= 4 is 27.3 Å². The second-order valence-corrected chi connectivity index (χ2v) is 6.69. The van der Waals surface area contributed by atoms with E-state index in [9.17, 15) is 13.2 Å². The van der Waals surface area contributed by atoms with Gasteiger partial charge in [-0.3, -0.25) is 9.52 Å². The Kier molecular flexibility index (Phi) is 4.61. The molecule has 0 aromatic heterocycles. The zero-order valence-electron chi connectivity index (χ0n) is 11.3. The van der Waals surface area contributed by atoms with Gasteiger partial charge in [-0.05, 0) is 43.7 Å². The maximum absolute atomic E-state index is 12.0. The number of piperidine rings is 1. The molecular weight excluding hydrogens is 278 g/mol. The minimum atomic E-state index is -3.28. The lowest BCUT2D eigenvalue weighted by molar-refractivity contribution is -0.118. The van der Waals surface area contributed by atoms with Gasteiger partial charge in [0.05, 0.1) is 12.3 Å². The fourth-order valence-electron chi connectivity index (χ4n) is 2.14. The highest BCUT2D eigenvalue weighted by molar-refractivity contribution is 7.92. The highest BCUT2D eigenvalue weighted by atomic mass is 32.2. The minimum Gasteiger partial charge on any atom is -0.325 e. The lowest BCUT2D eigenvalue weighted by atomic mass is 10.0. The molecule has 0 aliphatic carbocycles. The lowest BCUT2D eigenvalue weighted by Crippen LogP contribution is -2.43. The van der Waals surface area contributed by atoms with Crippen LogP contribution in [0, 0.1) is 0 Å². The second kappa shape index (κ2) is 6.23. The van der Waals surface area contributed by atoms with Crippen LogP contribution in [-0.2, 0) is 14.8 Å². The summed E-state index contributed by atoms with van der Waals surface area (Å²) in [5.74, 6) is -0.0477. The van der Waals surface area contributed by atoms with Crippen molar-refractivity contribution in [2.75, 3.05) is 22.8 Å². The third-order valence-electron chi connectivity index (χ3n) is 3.08. The van der Waals surface area contributed by atoms with Gasteiger partial charge in [0, 0.05) is 11.4 Å². The smallest absolute Gasteiger partial charge is 0.241 e. The Morgan fingerprint density at radius 1 is 1.20 bits per heavy atom. The van der Waals surface area contributed by atoms with Crippen molar-refractivity contribution in [2.24, 2.45) is 0 Å². The van der Waals surface area contributed by atoms with Crippen molar-refractivity contribution in [3.8, 4) is 0 Å². The fourth-order valence-corrected chi connectivity index (χ4v) is 2.70.